The van der Waals surface area contributed by atoms with Gasteiger partial charge in [-0.2, -0.15) is 5.10 Å². The lowest BCUT2D eigenvalue weighted by molar-refractivity contribution is 0.0599. The predicted molar refractivity (Wildman–Crippen MR) is 146 cm³/mol. The van der Waals surface area contributed by atoms with Gasteiger partial charge in [-0.15, -0.1) is 0 Å². The molecular weight excluding hydrogens is 478 g/mol. The summed E-state index contributed by atoms with van der Waals surface area (Å²) in [5.74, 6) is 0.521. The molecule has 2 N–H and O–H groups in total. The Bertz CT molecular complexity index is 1490. The number of aryl methyl sites for hydroxylation is 1. The zero-order valence-corrected chi connectivity index (χ0v) is 21.4. The number of nitrogens with one attached hydrogen (secondary N) is 1. The number of aromatic nitrogens is 4. The summed E-state index contributed by atoms with van der Waals surface area (Å²) in [4.78, 5) is 27.0. The zero-order chi connectivity index (χ0) is 26.2. The normalized spacial score (nSPS) is 21.7. The number of nitrogens with zero attached hydrogens (tertiary/aromatic N) is 6. The fourth-order valence-electron chi connectivity index (χ4n) is 5.64. The lowest BCUT2D eigenvalue weighted by atomic mass is 9.98. The van der Waals surface area contributed by atoms with Crippen molar-refractivity contribution >= 4 is 23.6 Å². The van der Waals surface area contributed by atoms with Gasteiger partial charge in [-0.05, 0) is 49.4 Å². The zero-order valence-electron chi connectivity index (χ0n) is 21.4. The minimum atomic E-state index is -0.568. The maximum absolute atomic E-state index is 13.7. The molecule has 194 valence electrons. The molecule has 6 rings (SSSR count). The number of β-amino-alcohol motifs (C(OH)–C–C–N with tert-alkyl or cyclic N) is 1. The van der Waals surface area contributed by atoms with Gasteiger partial charge in [0, 0.05) is 55.8 Å². The lowest BCUT2D eigenvalue weighted by Crippen LogP contribution is -2.39. The molecule has 1 aromatic carbocycles. The Labute approximate surface area is 221 Å². The number of rotatable bonds is 5. The van der Waals surface area contributed by atoms with Gasteiger partial charge in [0.1, 0.15) is 11.5 Å². The number of pyridine rings is 1. The second-order valence-electron chi connectivity index (χ2n) is 10.2. The lowest BCUT2D eigenvalue weighted by Gasteiger charge is -2.34. The van der Waals surface area contributed by atoms with Crippen LogP contribution < -0.4 is 4.90 Å². The molecule has 38 heavy (non-hydrogen) atoms. The topological polar surface area (TPSA) is 111 Å². The summed E-state index contributed by atoms with van der Waals surface area (Å²) in [5, 5.41) is 22.7. The Morgan fingerprint density at radius 1 is 1.11 bits per heavy atom. The number of aliphatic hydroxyl groups excluding tert-OH is 1. The van der Waals surface area contributed by atoms with Crippen LogP contribution in [0.1, 0.15) is 47.1 Å². The van der Waals surface area contributed by atoms with Gasteiger partial charge in [0.05, 0.1) is 17.8 Å². The summed E-state index contributed by atoms with van der Waals surface area (Å²) in [6.07, 6.45) is 7.20. The molecule has 4 aromatic rings. The minimum Gasteiger partial charge on any atom is -0.391 e. The number of aliphatic hydroxyl groups is 1. The molecule has 0 aliphatic carbocycles. The van der Waals surface area contributed by atoms with E-state index in [4.69, 9.17) is 15.5 Å². The van der Waals surface area contributed by atoms with E-state index in [9.17, 15) is 9.90 Å². The number of fused-ring (bicyclic) bond motifs is 1. The molecule has 3 atom stereocenters. The van der Waals surface area contributed by atoms with E-state index < -0.39 is 6.10 Å². The first-order valence-electron chi connectivity index (χ1n) is 13.1. The number of hydrogen-bond acceptors (Lipinski definition) is 7. The van der Waals surface area contributed by atoms with Crippen LogP contribution in [0.25, 0.3) is 16.8 Å². The van der Waals surface area contributed by atoms with Crippen LogP contribution in [0.5, 0.6) is 0 Å². The van der Waals surface area contributed by atoms with Gasteiger partial charge >= 0.3 is 0 Å². The molecule has 1 amide bonds. The van der Waals surface area contributed by atoms with E-state index in [1.807, 2.05) is 71.5 Å². The number of carbonyl (C=O) groups is 1. The third kappa shape index (κ3) is 4.43. The van der Waals surface area contributed by atoms with Crippen molar-refractivity contribution in [2.24, 2.45) is 5.92 Å². The fourth-order valence-corrected chi connectivity index (χ4v) is 5.64. The van der Waals surface area contributed by atoms with Crippen LogP contribution >= 0.6 is 0 Å². The fraction of sp³-hybridized carbons (Fsp3) is 0.345. The second-order valence-corrected chi connectivity index (χ2v) is 10.2. The molecule has 5 heterocycles. The minimum absolute atomic E-state index is 0.0851. The van der Waals surface area contributed by atoms with Crippen LogP contribution in [0.15, 0.2) is 60.9 Å². The van der Waals surface area contributed by atoms with Crippen LogP contribution in [0.2, 0.25) is 0 Å². The molecule has 2 saturated heterocycles. The molecule has 9 nitrogen and oxygen atoms in total. The first-order valence-corrected chi connectivity index (χ1v) is 13.1. The van der Waals surface area contributed by atoms with E-state index in [1.165, 1.54) is 6.21 Å². The molecular formula is C29H31N7O2. The van der Waals surface area contributed by atoms with Crippen LogP contribution in [-0.2, 0) is 0 Å². The van der Waals surface area contributed by atoms with Gasteiger partial charge < -0.3 is 20.3 Å². The maximum atomic E-state index is 13.7. The number of piperidine rings is 1. The summed E-state index contributed by atoms with van der Waals surface area (Å²) < 4.78 is 1.78. The molecule has 2 aliphatic rings. The monoisotopic (exact) mass is 509 g/mol. The summed E-state index contributed by atoms with van der Waals surface area (Å²) in [6.45, 7) is 3.65. The van der Waals surface area contributed by atoms with E-state index in [1.54, 1.807) is 10.7 Å². The largest absolute Gasteiger partial charge is 0.391 e. The summed E-state index contributed by atoms with van der Waals surface area (Å²) in [5.41, 5.74) is 4.93. The summed E-state index contributed by atoms with van der Waals surface area (Å²) >= 11 is 0. The molecule has 0 bridgehead atoms. The highest BCUT2D eigenvalue weighted by Gasteiger charge is 2.33. The van der Waals surface area contributed by atoms with E-state index >= 15 is 0 Å². The Morgan fingerprint density at radius 3 is 2.74 bits per heavy atom. The molecule has 2 fully saturated rings. The van der Waals surface area contributed by atoms with Gasteiger partial charge in [0.15, 0.2) is 5.65 Å². The maximum Gasteiger partial charge on any atom is 0.273 e. The average molecular weight is 510 g/mol. The molecule has 0 unspecified atom stereocenters. The van der Waals surface area contributed by atoms with Crippen LogP contribution in [0, 0.1) is 18.3 Å². The van der Waals surface area contributed by atoms with Gasteiger partial charge in [0.25, 0.3) is 5.91 Å². The third-order valence-corrected chi connectivity index (χ3v) is 7.66. The first-order chi connectivity index (χ1) is 18.5. The van der Waals surface area contributed by atoms with E-state index in [2.05, 4.69) is 4.98 Å². The number of carbonyl (C=O) groups excluding carboxylic acids is 1. The van der Waals surface area contributed by atoms with Crippen LogP contribution in [0.3, 0.4) is 0 Å². The Kier molecular flexibility index (Phi) is 6.37. The average Bonchev–Trinajstić information content (AvgIpc) is 3.55. The van der Waals surface area contributed by atoms with Crippen molar-refractivity contribution in [1.29, 1.82) is 5.41 Å². The van der Waals surface area contributed by atoms with Crippen molar-refractivity contribution < 1.29 is 9.90 Å². The second kappa shape index (κ2) is 9.98. The third-order valence-electron chi connectivity index (χ3n) is 7.66. The molecule has 2 aliphatic heterocycles. The molecule has 3 aromatic heterocycles. The Balaban J connectivity index is 1.29. The van der Waals surface area contributed by atoms with E-state index in [0.29, 0.717) is 31.0 Å². The Morgan fingerprint density at radius 2 is 1.95 bits per heavy atom. The molecule has 0 saturated carbocycles. The van der Waals surface area contributed by atoms with E-state index in [0.717, 1.165) is 47.5 Å². The predicted octanol–water partition coefficient (Wildman–Crippen LogP) is 3.91. The summed E-state index contributed by atoms with van der Waals surface area (Å²) in [6, 6.07) is 15.6. The number of anilines is 1. The highest BCUT2D eigenvalue weighted by atomic mass is 16.3. The number of benzene rings is 1. The van der Waals surface area contributed by atoms with Crippen molar-refractivity contribution in [3.8, 4) is 11.1 Å². The van der Waals surface area contributed by atoms with Crippen molar-refractivity contribution in [3.05, 3.63) is 77.9 Å². The van der Waals surface area contributed by atoms with Crippen molar-refractivity contribution in [2.75, 3.05) is 24.5 Å². The highest BCUT2D eigenvalue weighted by Crippen LogP contribution is 2.33. The molecule has 0 spiro atoms. The van der Waals surface area contributed by atoms with Gasteiger partial charge in [-0.1, -0.05) is 30.3 Å². The van der Waals surface area contributed by atoms with Crippen molar-refractivity contribution in [3.63, 3.8) is 0 Å². The summed E-state index contributed by atoms with van der Waals surface area (Å²) in [7, 11) is 0. The van der Waals surface area contributed by atoms with Gasteiger partial charge in [-0.3, -0.25) is 9.78 Å². The van der Waals surface area contributed by atoms with Gasteiger partial charge in [0.2, 0.25) is 0 Å². The molecule has 9 heteroatoms. The number of amides is 1. The standard InChI is InChI=1S/C29H31N7O2/c1-19-16-36-27(32-28(19)34-17-22(15-30)26(37)18-34)14-23(33-36)25-9-5-6-12-35(25)29(38)24-13-21(10-11-31-24)20-7-3-2-4-8-20/h2-4,7-8,10-11,13-16,22,25-26,30,37H,5-6,9,12,17-18H2,1H3/t22-,25+,26+/m1/s1. The van der Waals surface area contributed by atoms with Crippen molar-refractivity contribution in [2.45, 2.75) is 38.3 Å². The quantitative estimate of drug-likeness (QED) is 0.395. The SMILES string of the molecule is Cc1cn2nc([C@@H]3CCCCN3C(=O)c3cc(-c4ccccc4)ccn3)cc2nc1N1C[C@@H](C=N)[C@@H](O)C1. The van der Waals surface area contributed by atoms with E-state index in [-0.39, 0.29) is 17.9 Å². The van der Waals surface area contributed by atoms with Gasteiger partial charge in [-0.25, -0.2) is 9.50 Å². The van der Waals surface area contributed by atoms with Crippen molar-refractivity contribution in [1.82, 2.24) is 24.5 Å². The number of likely N-dealkylation sites (tertiary alicyclic amines) is 1. The molecule has 0 radical (unpaired) electrons. The Hall–Kier alpha value is -4.11. The first kappa shape index (κ1) is 24.2. The highest BCUT2D eigenvalue weighted by molar-refractivity contribution is 5.94. The van der Waals surface area contributed by atoms with Crippen LogP contribution in [-0.4, -0.2) is 67.4 Å². The number of hydrogen-bond donors (Lipinski definition) is 2. The van der Waals surface area contributed by atoms with Crippen LogP contribution in [0.4, 0.5) is 5.82 Å². The smallest absolute Gasteiger partial charge is 0.273 e.